The van der Waals surface area contributed by atoms with Crippen molar-refractivity contribution in [2.24, 2.45) is 0 Å². The highest BCUT2D eigenvalue weighted by Crippen LogP contribution is 2.16. The molecule has 2 heterocycles. The second-order valence-electron chi connectivity index (χ2n) is 2.76. The third-order valence-corrected chi connectivity index (χ3v) is 2.41. The molecule has 2 rings (SSSR count). The number of nitrogens with zero attached hydrogens (tertiary/aromatic N) is 1. The van der Waals surface area contributed by atoms with Crippen molar-refractivity contribution in [2.45, 2.75) is 6.10 Å². The summed E-state index contributed by atoms with van der Waals surface area (Å²) in [6.45, 7) is 1.45. The van der Waals surface area contributed by atoms with Crippen LogP contribution in [0.2, 0.25) is 0 Å². The molecule has 1 unspecified atom stereocenters. The molecule has 0 spiro atoms. The zero-order valence-corrected chi connectivity index (χ0v) is 7.34. The van der Waals surface area contributed by atoms with Crippen LogP contribution in [0, 0.1) is 0 Å². The summed E-state index contributed by atoms with van der Waals surface area (Å²) in [5.41, 5.74) is 3.87. The number of nitrogens with one attached hydrogen (secondary N) is 1. The third kappa shape index (κ3) is 1.55. The molecule has 1 aromatic rings. The lowest BCUT2D eigenvalue weighted by Gasteiger charge is -2.16. The minimum atomic E-state index is -0.365. The van der Waals surface area contributed by atoms with E-state index in [1.54, 1.807) is 16.8 Å². The lowest BCUT2D eigenvalue weighted by molar-refractivity contribution is 0.217. The topological polar surface area (TPSA) is 45.2 Å². The first-order chi connectivity index (χ1) is 5.86. The van der Waals surface area contributed by atoms with Gasteiger partial charge in [0, 0.05) is 18.5 Å². The Morgan fingerprint density at radius 2 is 2.58 bits per heavy atom. The van der Waals surface area contributed by atoms with Crippen molar-refractivity contribution in [1.29, 1.82) is 0 Å². The Labute approximate surface area is 74.8 Å². The fourth-order valence-electron chi connectivity index (χ4n) is 1.25. The van der Waals surface area contributed by atoms with Gasteiger partial charge >= 0.3 is 0 Å². The molecule has 2 N–H and O–H groups in total. The van der Waals surface area contributed by atoms with Crippen LogP contribution in [-0.4, -0.2) is 29.3 Å². The Hall–Kier alpha value is -0.710. The van der Waals surface area contributed by atoms with Crippen molar-refractivity contribution in [3.8, 4) is 0 Å². The predicted molar refractivity (Wildman–Crippen MR) is 49.0 cm³/mol. The molecule has 1 aliphatic heterocycles. The highest BCUT2D eigenvalue weighted by Gasteiger charge is 2.12. The van der Waals surface area contributed by atoms with Gasteiger partial charge in [-0.25, -0.2) is 4.98 Å². The van der Waals surface area contributed by atoms with Crippen LogP contribution < -0.4 is 5.32 Å². The van der Waals surface area contributed by atoms with Crippen LogP contribution in [0.5, 0.6) is 0 Å². The normalized spacial score (nSPS) is 23.8. The van der Waals surface area contributed by atoms with Gasteiger partial charge in [-0.3, -0.25) is 0 Å². The Balaban J connectivity index is 2.23. The minimum absolute atomic E-state index is 0.365. The second kappa shape index (κ2) is 3.35. The molecule has 0 saturated heterocycles. The van der Waals surface area contributed by atoms with Gasteiger partial charge in [0.15, 0.2) is 0 Å². The molecule has 4 heteroatoms. The Morgan fingerprint density at radius 3 is 3.25 bits per heavy atom. The molecule has 3 nitrogen and oxygen atoms in total. The third-order valence-electron chi connectivity index (χ3n) is 1.82. The maximum absolute atomic E-state index is 9.32. The van der Waals surface area contributed by atoms with Gasteiger partial charge in [0.25, 0.3) is 0 Å². The summed E-state index contributed by atoms with van der Waals surface area (Å²) in [5, 5.41) is 14.4. The van der Waals surface area contributed by atoms with Gasteiger partial charge < -0.3 is 10.4 Å². The molecule has 1 aliphatic rings. The van der Waals surface area contributed by atoms with E-state index in [9.17, 15) is 5.11 Å². The Bertz CT molecular complexity index is 281. The number of aliphatic hydroxyl groups is 1. The van der Waals surface area contributed by atoms with Crippen molar-refractivity contribution in [1.82, 2.24) is 10.3 Å². The summed E-state index contributed by atoms with van der Waals surface area (Å²) in [4.78, 5) is 4.17. The highest BCUT2D eigenvalue weighted by atomic mass is 32.1. The van der Waals surface area contributed by atoms with Gasteiger partial charge in [-0.1, -0.05) is 0 Å². The zero-order chi connectivity index (χ0) is 8.39. The average molecular weight is 182 g/mol. The molecule has 0 fully saturated rings. The molecule has 0 bridgehead atoms. The van der Waals surface area contributed by atoms with Gasteiger partial charge in [-0.05, 0) is 11.6 Å². The summed E-state index contributed by atoms with van der Waals surface area (Å²) < 4.78 is 0. The standard InChI is InChI=1S/C8H10N2OS/c11-7-1-6(2-9-3-7)8-4-12-5-10-8/h1,4-5,7,9,11H,2-3H2. The summed E-state index contributed by atoms with van der Waals surface area (Å²) in [6.07, 6.45) is 1.50. The first-order valence-corrected chi connectivity index (χ1v) is 4.78. The van der Waals surface area contributed by atoms with Gasteiger partial charge in [0.2, 0.25) is 0 Å². The highest BCUT2D eigenvalue weighted by molar-refractivity contribution is 7.07. The SMILES string of the molecule is OC1C=C(c2cscn2)CNC1. The fourth-order valence-corrected chi connectivity index (χ4v) is 1.83. The van der Waals surface area contributed by atoms with Gasteiger partial charge in [-0.15, -0.1) is 11.3 Å². The molecule has 12 heavy (non-hydrogen) atoms. The van der Waals surface area contributed by atoms with E-state index in [0.29, 0.717) is 6.54 Å². The van der Waals surface area contributed by atoms with Crippen molar-refractivity contribution >= 4 is 16.9 Å². The smallest absolute Gasteiger partial charge is 0.0852 e. The molecule has 1 aromatic heterocycles. The van der Waals surface area contributed by atoms with Crippen LogP contribution in [0.15, 0.2) is 17.0 Å². The van der Waals surface area contributed by atoms with Crippen molar-refractivity contribution in [3.63, 3.8) is 0 Å². The molecule has 1 atom stereocenters. The summed E-state index contributed by atoms with van der Waals surface area (Å²) in [5.74, 6) is 0. The molecule has 0 radical (unpaired) electrons. The fraction of sp³-hybridized carbons (Fsp3) is 0.375. The van der Waals surface area contributed by atoms with E-state index in [2.05, 4.69) is 10.3 Å². The number of β-amino-alcohol motifs (C(OH)–C–C–N with tert-alkyl or cyclic N) is 1. The lowest BCUT2D eigenvalue weighted by Crippen LogP contribution is -2.31. The van der Waals surface area contributed by atoms with Crippen molar-refractivity contribution in [2.75, 3.05) is 13.1 Å². The van der Waals surface area contributed by atoms with E-state index in [-0.39, 0.29) is 6.10 Å². The summed E-state index contributed by atoms with van der Waals surface area (Å²) in [7, 11) is 0. The van der Waals surface area contributed by atoms with Crippen LogP contribution in [-0.2, 0) is 0 Å². The van der Waals surface area contributed by atoms with E-state index in [0.717, 1.165) is 17.8 Å². The van der Waals surface area contributed by atoms with Crippen molar-refractivity contribution in [3.05, 3.63) is 22.7 Å². The number of aliphatic hydroxyl groups excluding tert-OH is 1. The predicted octanol–water partition coefficient (Wildman–Crippen LogP) is 0.491. The molecule has 0 aromatic carbocycles. The minimum Gasteiger partial charge on any atom is -0.388 e. The molecule has 0 saturated carbocycles. The number of thiazole rings is 1. The molecule has 64 valence electrons. The molecule has 0 aliphatic carbocycles. The number of aromatic nitrogens is 1. The maximum atomic E-state index is 9.32. The van der Waals surface area contributed by atoms with E-state index in [1.807, 2.05) is 11.5 Å². The van der Waals surface area contributed by atoms with E-state index >= 15 is 0 Å². The quantitative estimate of drug-likeness (QED) is 0.664. The summed E-state index contributed by atoms with van der Waals surface area (Å²) in [6, 6.07) is 0. The molecular formula is C8H10N2OS. The first-order valence-electron chi connectivity index (χ1n) is 3.84. The number of hydrogen-bond acceptors (Lipinski definition) is 4. The van der Waals surface area contributed by atoms with Gasteiger partial charge in [0.05, 0.1) is 17.3 Å². The van der Waals surface area contributed by atoms with E-state index in [1.165, 1.54) is 0 Å². The monoisotopic (exact) mass is 182 g/mol. The van der Waals surface area contributed by atoms with Gasteiger partial charge in [0.1, 0.15) is 0 Å². The van der Waals surface area contributed by atoms with E-state index < -0.39 is 0 Å². The molecular weight excluding hydrogens is 172 g/mol. The largest absolute Gasteiger partial charge is 0.388 e. The zero-order valence-electron chi connectivity index (χ0n) is 6.53. The lowest BCUT2D eigenvalue weighted by atomic mass is 10.1. The van der Waals surface area contributed by atoms with Crippen LogP contribution in [0.1, 0.15) is 5.69 Å². The van der Waals surface area contributed by atoms with E-state index in [4.69, 9.17) is 0 Å². The van der Waals surface area contributed by atoms with Crippen LogP contribution in [0.4, 0.5) is 0 Å². The molecule has 0 amide bonds. The second-order valence-corrected chi connectivity index (χ2v) is 3.48. The first kappa shape index (κ1) is 7.91. The van der Waals surface area contributed by atoms with Crippen LogP contribution in [0.3, 0.4) is 0 Å². The Morgan fingerprint density at radius 1 is 1.67 bits per heavy atom. The number of hydrogen-bond donors (Lipinski definition) is 2. The Kier molecular flexibility index (Phi) is 2.21. The van der Waals surface area contributed by atoms with Crippen LogP contribution in [0.25, 0.3) is 5.57 Å². The summed E-state index contributed by atoms with van der Waals surface area (Å²) >= 11 is 1.57. The van der Waals surface area contributed by atoms with Crippen molar-refractivity contribution < 1.29 is 5.11 Å². The van der Waals surface area contributed by atoms with Gasteiger partial charge in [-0.2, -0.15) is 0 Å². The number of rotatable bonds is 1. The average Bonchev–Trinajstić information content (AvgIpc) is 2.56. The maximum Gasteiger partial charge on any atom is 0.0852 e. The van der Waals surface area contributed by atoms with Crippen LogP contribution >= 0.6 is 11.3 Å².